The molecule has 1 aromatic rings. The first-order valence-corrected chi connectivity index (χ1v) is 9.15. The molecule has 2 fully saturated rings. The molecule has 2 amide bonds. The van der Waals surface area contributed by atoms with Crippen molar-refractivity contribution in [2.75, 3.05) is 32.7 Å². The summed E-state index contributed by atoms with van der Waals surface area (Å²) in [5.74, 6) is -0.0627. The summed E-state index contributed by atoms with van der Waals surface area (Å²) in [5.41, 5.74) is 7.27. The van der Waals surface area contributed by atoms with Crippen LogP contribution in [0.1, 0.15) is 31.4 Å². The molecule has 1 aliphatic carbocycles. The van der Waals surface area contributed by atoms with Crippen LogP contribution in [0, 0.1) is 5.92 Å². The minimum absolute atomic E-state index is 0.0958. The number of nitrogens with one attached hydrogen (secondary N) is 1. The first-order valence-electron chi connectivity index (χ1n) is 9.15. The summed E-state index contributed by atoms with van der Waals surface area (Å²) in [4.78, 5) is 28.6. The van der Waals surface area contributed by atoms with E-state index in [0.717, 1.165) is 31.5 Å². The van der Waals surface area contributed by atoms with Crippen molar-refractivity contribution < 1.29 is 9.59 Å². The monoisotopic (exact) mass is 344 g/mol. The number of nitrogens with two attached hydrogens (primary N) is 1. The topological polar surface area (TPSA) is 78.7 Å². The summed E-state index contributed by atoms with van der Waals surface area (Å²) in [6.45, 7) is 5.10. The maximum atomic E-state index is 12.7. The van der Waals surface area contributed by atoms with E-state index in [1.165, 1.54) is 0 Å². The Balaban J connectivity index is 1.46. The highest BCUT2D eigenvalue weighted by molar-refractivity contribution is 5.80. The number of hydrogen-bond donors (Lipinski definition) is 2. The van der Waals surface area contributed by atoms with Crippen LogP contribution in [0.4, 0.5) is 0 Å². The lowest BCUT2D eigenvalue weighted by Gasteiger charge is -2.36. The summed E-state index contributed by atoms with van der Waals surface area (Å²) < 4.78 is 0. The van der Waals surface area contributed by atoms with Gasteiger partial charge in [0.1, 0.15) is 0 Å². The molecule has 25 heavy (non-hydrogen) atoms. The van der Waals surface area contributed by atoms with Gasteiger partial charge in [-0.1, -0.05) is 37.3 Å². The third kappa shape index (κ3) is 4.80. The number of amides is 2. The first-order chi connectivity index (χ1) is 12.0. The van der Waals surface area contributed by atoms with Crippen molar-refractivity contribution in [1.29, 1.82) is 0 Å². The van der Waals surface area contributed by atoms with Crippen LogP contribution in [-0.4, -0.2) is 60.4 Å². The van der Waals surface area contributed by atoms with Crippen LogP contribution < -0.4 is 11.1 Å². The largest absolute Gasteiger partial charge is 0.352 e. The predicted molar refractivity (Wildman–Crippen MR) is 96.7 cm³/mol. The standard InChI is InChI=1S/C19H28N4O2/c1-14(18(20)15-5-3-2-4-6-15)19(25)23-11-9-22(10-12-23)13-17(24)21-16-7-8-16/h2-6,14,16,18H,7-13,20H2,1H3,(H,21,24). The third-order valence-corrected chi connectivity index (χ3v) is 5.11. The molecule has 0 spiro atoms. The minimum Gasteiger partial charge on any atom is -0.352 e. The zero-order chi connectivity index (χ0) is 17.8. The van der Waals surface area contributed by atoms with Crippen molar-refractivity contribution in [3.8, 4) is 0 Å². The van der Waals surface area contributed by atoms with Gasteiger partial charge in [-0.2, -0.15) is 0 Å². The number of rotatable bonds is 6. The van der Waals surface area contributed by atoms with Gasteiger partial charge in [-0.25, -0.2) is 0 Å². The summed E-state index contributed by atoms with van der Waals surface area (Å²) in [7, 11) is 0. The van der Waals surface area contributed by atoms with Crippen LogP contribution in [-0.2, 0) is 9.59 Å². The average molecular weight is 344 g/mol. The van der Waals surface area contributed by atoms with Crippen LogP contribution in [0.5, 0.6) is 0 Å². The fourth-order valence-electron chi connectivity index (χ4n) is 3.24. The molecule has 136 valence electrons. The number of benzene rings is 1. The Morgan fingerprint density at radius 1 is 1.16 bits per heavy atom. The Morgan fingerprint density at radius 3 is 2.40 bits per heavy atom. The highest BCUT2D eigenvalue weighted by Crippen LogP contribution is 2.22. The Labute approximate surface area is 149 Å². The van der Waals surface area contributed by atoms with Crippen molar-refractivity contribution in [2.45, 2.75) is 31.8 Å². The van der Waals surface area contributed by atoms with E-state index in [4.69, 9.17) is 5.73 Å². The van der Waals surface area contributed by atoms with E-state index in [1.54, 1.807) is 0 Å². The lowest BCUT2D eigenvalue weighted by atomic mass is 9.94. The molecule has 0 radical (unpaired) electrons. The van der Waals surface area contributed by atoms with Gasteiger partial charge in [-0.05, 0) is 18.4 Å². The van der Waals surface area contributed by atoms with E-state index in [0.29, 0.717) is 25.7 Å². The highest BCUT2D eigenvalue weighted by atomic mass is 16.2. The second kappa shape index (κ2) is 7.97. The number of piperazine rings is 1. The van der Waals surface area contributed by atoms with Crippen LogP contribution in [0.2, 0.25) is 0 Å². The fourth-order valence-corrected chi connectivity index (χ4v) is 3.24. The highest BCUT2D eigenvalue weighted by Gasteiger charge is 2.30. The number of hydrogen-bond acceptors (Lipinski definition) is 4. The van der Waals surface area contributed by atoms with Gasteiger partial charge in [-0.15, -0.1) is 0 Å². The third-order valence-electron chi connectivity index (χ3n) is 5.11. The van der Waals surface area contributed by atoms with Gasteiger partial charge in [0.25, 0.3) is 0 Å². The SMILES string of the molecule is CC(C(=O)N1CCN(CC(=O)NC2CC2)CC1)C(N)c1ccccc1. The van der Waals surface area contributed by atoms with Crippen LogP contribution >= 0.6 is 0 Å². The fraction of sp³-hybridized carbons (Fsp3) is 0.579. The number of carbonyl (C=O) groups is 2. The van der Waals surface area contributed by atoms with Gasteiger partial charge in [0.05, 0.1) is 12.5 Å². The Bertz CT molecular complexity index is 595. The zero-order valence-electron chi connectivity index (χ0n) is 14.9. The van der Waals surface area contributed by atoms with Gasteiger partial charge in [0, 0.05) is 38.3 Å². The number of nitrogens with zero attached hydrogens (tertiary/aromatic N) is 2. The molecule has 6 nitrogen and oxygen atoms in total. The molecule has 1 aromatic carbocycles. The second-order valence-electron chi connectivity index (χ2n) is 7.17. The molecule has 1 saturated carbocycles. The maximum absolute atomic E-state index is 12.7. The smallest absolute Gasteiger partial charge is 0.234 e. The first kappa shape index (κ1) is 17.9. The Morgan fingerprint density at radius 2 is 1.80 bits per heavy atom. The van der Waals surface area contributed by atoms with E-state index in [-0.39, 0.29) is 23.8 Å². The Hall–Kier alpha value is -1.92. The molecule has 1 heterocycles. The van der Waals surface area contributed by atoms with Gasteiger partial charge < -0.3 is 16.0 Å². The van der Waals surface area contributed by atoms with E-state index in [2.05, 4.69) is 10.2 Å². The van der Waals surface area contributed by atoms with E-state index in [1.807, 2.05) is 42.2 Å². The molecule has 0 bridgehead atoms. The quantitative estimate of drug-likeness (QED) is 0.798. The summed E-state index contributed by atoms with van der Waals surface area (Å²) in [6, 6.07) is 9.86. The second-order valence-corrected chi connectivity index (χ2v) is 7.17. The van der Waals surface area contributed by atoms with Gasteiger partial charge >= 0.3 is 0 Å². The van der Waals surface area contributed by atoms with Gasteiger partial charge in [0.2, 0.25) is 11.8 Å². The van der Waals surface area contributed by atoms with Crippen molar-refractivity contribution in [3.63, 3.8) is 0 Å². The molecular formula is C19H28N4O2. The summed E-state index contributed by atoms with van der Waals surface area (Å²) in [6.07, 6.45) is 2.21. The lowest BCUT2D eigenvalue weighted by Crippen LogP contribution is -2.53. The van der Waals surface area contributed by atoms with Gasteiger partial charge in [-0.3, -0.25) is 14.5 Å². The number of carbonyl (C=O) groups excluding carboxylic acids is 2. The van der Waals surface area contributed by atoms with Gasteiger partial charge in [0.15, 0.2) is 0 Å². The molecule has 6 heteroatoms. The zero-order valence-corrected chi connectivity index (χ0v) is 14.9. The lowest BCUT2D eigenvalue weighted by molar-refractivity contribution is -0.137. The molecule has 2 unspecified atom stereocenters. The molecule has 1 aliphatic heterocycles. The minimum atomic E-state index is -0.295. The van der Waals surface area contributed by atoms with Crippen molar-refractivity contribution >= 4 is 11.8 Å². The molecule has 2 atom stereocenters. The van der Waals surface area contributed by atoms with Crippen molar-refractivity contribution in [3.05, 3.63) is 35.9 Å². The molecule has 3 N–H and O–H groups in total. The molecule has 2 aliphatic rings. The van der Waals surface area contributed by atoms with Crippen LogP contribution in [0.25, 0.3) is 0 Å². The van der Waals surface area contributed by atoms with E-state index in [9.17, 15) is 9.59 Å². The van der Waals surface area contributed by atoms with Crippen molar-refractivity contribution in [2.24, 2.45) is 11.7 Å². The molecule has 0 aromatic heterocycles. The molecule has 3 rings (SSSR count). The van der Waals surface area contributed by atoms with Crippen molar-refractivity contribution in [1.82, 2.24) is 15.1 Å². The summed E-state index contributed by atoms with van der Waals surface area (Å²) in [5, 5.41) is 3.01. The molecule has 1 saturated heterocycles. The predicted octanol–water partition coefficient (Wildman–Crippen LogP) is 0.745. The Kier molecular flexibility index (Phi) is 5.71. The normalized spacial score (nSPS) is 20.8. The molecular weight excluding hydrogens is 316 g/mol. The average Bonchev–Trinajstić information content (AvgIpc) is 3.45. The van der Waals surface area contributed by atoms with E-state index < -0.39 is 0 Å². The van der Waals surface area contributed by atoms with E-state index >= 15 is 0 Å². The summed E-state index contributed by atoms with van der Waals surface area (Å²) >= 11 is 0. The maximum Gasteiger partial charge on any atom is 0.234 e. The van der Waals surface area contributed by atoms with Crippen LogP contribution in [0.15, 0.2) is 30.3 Å². The van der Waals surface area contributed by atoms with Crippen LogP contribution in [0.3, 0.4) is 0 Å².